The van der Waals surface area contributed by atoms with Gasteiger partial charge in [0.1, 0.15) is 23.6 Å². The van der Waals surface area contributed by atoms with Gasteiger partial charge in [0, 0.05) is 17.8 Å². The van der Waals surface area contributed by atoms with Crippen molar-refractivity contribution in [1.82, 2.24) is 19.9 Å². The number of nitrogens with one attached hydrogen (secondary N) is 1. The first-order valence-electron chi connectivity index (χ1n) is 9.56. The number of amides is 1. The fourth-order valence-electron chi connectivity index (χ4n) is 3.94. The zero-order valence-electron chi connectivity index (χ0n) is 15.9. The molecule has 146 valence electrons. The maximum Gasteiger partial charge on any atom is 0.270 e. The maximum absolute atomic E-state index is 12.9. The summed E-state index contributed by atoms with van der Waals surface area (Å²) in [4.78, 5) is 17.2. The average molecular weight is 388 g/mol. The third-order valence-electron chi connectivity index (χ3n) is 5.42. The number of fused-ring (bicyclic) bond motifs is 2. The Morgan fingerprint density at radius 2 is 2.21 bits per heavy atom. The van der Waals surface area contributed by atoms with Crippen LogP contribution in [-0.2, 0) is 13.0 Å². The summed E-state index contributed by atoms with van der Waals surface area (Å²) in [6.45, 7) is 1.82. The van der Waals surface area contributed by atoms with Crippen LogP contribution in [0.2, 0.25) is 0 Å². The summed E-state index contributed by atoms with van der Waals surface area (Å²) in [5.74, 6) is 0.308. The zero-order chi connectivity index (χ0) is 20.0. The molecule has 3 aromatic heterocycles. The number of imidazole rings is 1. The number of aryl methyl sites for hydroxylation is 2. The molecule has 0 saturated heterocycles. The molecule has 1 amide bonds. The van der Waals surface area contributed by atoms with Crippen LogP contribution in [0.15, 0.2) is 53.3 Å². The standard InChI is InChI=1S/C22H20N4O3/c1-13-2-7-21-23-10-20(26(21)11-13)22(28)24-18-6-4-14-8-15(3-5-17(14)18)19-9-16(12-27)29-25-19/h2-3,5,7-11,18,27H,4,6,12H2,1H3,(H,24,28)/t18-/m1/s1. The smallest absolute Gasteiger partial charge is 0.270 e. The second-order valence-corrected chi connectivity index (χ2v) is 7.39. The molecule has 3 heterocycles. The minimum Gasteiger partial charge on any atom is -0.388 e. The number of aliphatic hydroxyl groups excluding tert-OH is 1. The molecule has 5 rings (SSSR count). The van der Waals surface area contributed by atoms with Gasteiger partial charge in [0.15, 0.2) is 5.76 Å². The van der Waals surface area contributed by atoms with E-state index in [-0.39, 0.29) is 18.6 Å². The Morgan fingerprint density at radius 3 is 3.03 bits per heavy atom. The molecule has 29 heavy (non-hydrogen) atoms. The molecule has 0 fully saturated rings. The highest BCUT2D eigenvalue weighted by Crippen LogP contribution is 2.34. The lowest BCUT2D eigenvalue weighted by atomic mass is 10.0. The van der Waals surface area contributed by atoms with Crippen LogP contribution in [0.4, 0.5) is 0 Å². The summed E-state index contributed by atoms with van der Waals surface area (Å²) >= 11 is 0. The second kappa shape index (κ2) is 6.86. The summed E-state index contributed by atoms with van der Waals surface area (Å²) < 4.78 is 6.91. The van der Waals surface area contributed by atoms with Crippen molar-refractivity contribution in [2.24, 2.45) is 0 Å². The van der Waals surface area contributed by atoms with E-state index in [4.69, 9.17) is 9.63 Å². The number of carbonyl (C=O) groups excluding carboxylic acids is 1. The van der Waals surface area contributed by atoms with E-state index in [9.17, 15) is 4.79 Å². The van der Waals surface area contributed by atoms with Crippen molar-refractivity contribution in [2.45, 2.75) is 32.4 Å². The number of aromatic nitrogens is 3. The Kier molecular flexibility index (Phi) is 4.17. The normalized spacial score (nSPS) is 15.6. The highest BCUT2D eigenvalue weighted by atomic mass is 16.5. The van der Waals surface area contributed by atoms with Gasteiger partial charge >= 0.3 is 0 Å². The van der Waals surface area contributed by atoms with Crippen LogP contribution in [-0.4, -0.2) is 25.6 Å². The molecule has 0 radical (unpaired) electrons. The minimum absolute atomic E-state index is 0.0350. The molecule has 7 nitrogen and oxygen atoms in total. The van der Waals surface area contributed by atoms with Gasteiger partial charge in [0.2, 0.25) is 0 Å². The molecule has 1 atom stereocenters. The van der Waals surface area contributed by atoms with Crippen molar-refractivity contribution >= 4 is 11.6 Å². The van der Waals surface area contributed by atoms with Crippen molar-refractivity contribution in [3.63, 3.8) is 0 Å². The lowest BCUT2D eigenvalue weighted by Gasteiger charge is -2.14. The molecule has 0 unspecified atom stereocenters. The Bertz CT molecular complexity index is 1220. The van der Waals surface area contributed by atoms with Crippen LogP contribution < -0.4 is 5.32 Å². The van der Waals surface area contributed by atoms with E-state index >= 15 is 0 Å². The molecule has 0 spiro atoms. The predicted molar refractivity (Wildman–Crippen MR) is 106 cm³/mol. The summed E-state index contributed by atoms with van der Waals surface area (Å²) in [6.07, 6.45) is 5.27. The van der Waals surface area contributed by atoms with Gasteiger partial charge in [-0.3, -0.25) is 9.20 Å². The van der Waals surface area contributed by atoms with Crippen molar-refractivity contribution in [3.8, 4) is 11.3 Å². The first kappa shape index (κ1) is 17.6. The molecule has 4 aromatic rings. The molecule has 0 saturated carbocycles. The third-order valence-corrected chi connectivity index (χ3v) is 5.42. The number of rotatable bonds is 4. The Labute approximate surface area is 167 Å². The van der Waals surface area contributed by atoms with E-state index in [1.54, 1.807) is 12.3 Å². The van der Waals surface area contributed by atoms with Crippen LogP contribution in [0.25, 0.3) is 16.9 Å². The molecular formula is C22H20N4O3. The molecule has 2 N–H and O–H groups in total. The molecular weight excluding hydrogens is 368 g/mol. The van der Waals surface area contributed by atoms with Crippen molar-refractivity contribution in [2.75, 3.05) is 0 Å². The third kappa shape index (κ3) is 3.09. The number of hydrogen-bond donors (Lipinski definition) is 2. The van der Waals surface area contributed by atoms with Gasteiger partial charge in [0.05, 0.1) is 12.2 Å². The quantitative estimate of drug-likeness (QED) is 0.560. The second-order valence-electron chi connectivity index (χ2n) is 7.39. The Balaban J connectivity index is 1.39. The van der Waals surface area contributed by atoms with Gasteiger partial charge in [-0.05, 0) is 48.6 Å². The van der Waals surface area contributed by atoms with Gasteiger partial charge in [-0.2, -0.15) is 0 Å². The zero-order valence-corrected chi connectivity index (χ0v) is 15.9. The van der Waals surface area contributed by atoms with Crippen molar-refractivity contribution in [3.05, 3.63) is 76.9 Å². The van der Waals surface area contributed by atoms with E-state index in [0.29, 0.717) is 17.1 Å². The van der Waals surface area contributed by atoms with Gasteiger partial charge in [0.25, 0.3) is 5.91 Å². The summed E-state index contributed by atoms with van der Waals surface area (Å²) in [5, 5.41) is 16.3. The minimum atomic E-state index is -0.172. The molecule has 0 bridgehead atoms. The van der Waals surface area contributed by atoms with Gasteiger partial charge in [-0.25, -0.2) is 4.98 Å². The van der Waals surface area contributed by atoms with Gasteiger partial charge in [-0.15, -0.1) is 0 Å². The number of hydrogen-bond acceptors (Lipinski definition) is 5. The van der Waals surface area contributed by atoms with Crippen molar-refractivity contribution in [1.29, 1.82) is 0 Å². The highest BCUT2D eigenvalue weighted by Gasteiger charge is 2.26. The SMILES string of the molecule is Cc1ccc2ncc(C(=O)N[C@@H]3CCc4cc(-c5cc(CO)on5)ccc43)n2c1. The first-order valence-corrected chi connectivity index (χ1v) is 9.56. The van der Waals surface area contributed by atoms with Crippen LogP contribution in [0, 0.1) is 6.92 Å². The monoisotopic (exact) mass is 388 g/mol. The lowest BCUT2D eigenvalue weighted by Crippen LogP contribution is -2.28. The number of carbonyl (C=O) groups is 1. The van der Waals surface area contributed by atoms with Crippen LogP contribution in [0.1, 0.15) is 45.4 Å². The predicted octanol–water partition coefficient (Wildman–Crippen LogP) is 3.21. The molecule has 1 aliphatic rings. The lowest BCUT2D eigenvalue weighted by molar-refractivity contribution is 0.0931. The fraction of sp³-hybridized carbons (Fsp3) is 0.227. The average Bonchev–Trinajstić information content (AvgIpc) is 3.45. The van der Waals surface area contributed by atoms with Crippen LogP contribution >= 0.6 is 0 Å². The van der Waals surface area contributed by atoms with E-state index in [0.717, 1.165) is 35.2 Å². The molecule has 0 aliphatic heterocycles. The number of benzene rings is 1. The Hall–Kier alpha value is -3.45. The summed E-state index contributed by atoms with van der Waals surface area (Å²) in [6, 6.07) is 11.7. The number of aliphatic hydroxyl groups is 1. The van der Waals surface area contributed by atoms with Gasteiger partial charge in [-0.1, -0.05) is 23.4 Å². The van der Waals surface area contributed by atoms with Crippen molar-refractivity contribution < 1.29 is 14.4 Å². The van der Waals surface area contributed by atoms with E-state index in [1.807, 2.05) is 41.8 Å². The largest absolute Gasteiger partial charge is 0.388 e. The van der Waals surface area contributed by atoms with Gasteiger partial charge < -0.3 is 14.9 Å². The summed E-state index contributed by atoms with van der Waals surface area (Å²) in [7, 11) is 0. The maximum atomic E-state index is 12.9. The highest BCUT2D eigenvalue weighted by molar-refractivity contribution is 5.93. The Morgan fingerprint density at radius 1 is 1.31 bits per heavy atom. The number of pyridine rings is 1. The molecule has 7 heteroatoms. The fourth-order valence-corrected chi connectivity index (χ4v) is 3.94. The van der Waals surface area contributed by atoms with E-state index in [2.05, 4.69) is 21.5 Å². The van der Waals surface area contributed by atoms with Crippen LogP contribution in [0.3, 0.4) is 0 Å². The van der Waals surface area contributed by atoms with E-state index < -0.39 is 0 Å². The first-order chi connectivity index (χ1) is 14.1. The summed E-state index contributed by atoms with van der Waals surface area (Å²) in [5.41, 5.74) is 6.32. The molecule has 1 aromatic carbocycles. The number of nitrogens with zero attached hydrogens (tertiary/aromatic N) is 3. The molecule has 1 aliphatic carbocycles. The van der Waals surface area contributed by atoms with Crippen LogP contribution in [0.5, 0.6) is 0 Å². The van der Waals surface area contributed by atoms with E-state index in [1.165, 1.54) is 5.56 Å². The topological polar surface area (TPSA) is 92.7 Å².